The minimum Gasteiger partial charge on any atom is -0.454 e. The molecule has 0 fully saturated rings. The van der Waals surface area contributed by atoms with E-state index in [9.17, 15) is 19.2 Å². The van der Waals surface area contributed by atoms with Gasteiger partial charge in [-0.05, 0) is 245 Å². The summed E-state index contributed by atoms with van der Waals surface area (Å²) in [4.78, 5) is 47.0. The number of fused-ring (bicyclic) bond motifs is 2. The second kappa shape index (κ2) is 78.1. The van der Waals surface area contributed by atoms with Gasteiger partial charge in [-0.3, -0.25) is 23.7 Å². The van der Waals surface area contributed by atoms with Gasteiger partial charge in [0, 0.05) is 170 Å². The molecule has 1 aromatic carbocycles. The van der Waals surface area contributed by atoms with E-state index in [1.54, 1.807) is 6.92 Å². The highest BCUT2D eigenvalue weighted by atomic mass is 16.5. The van der Waals surface area contributed by atoms with Gasteiger partial charge in [0.05, 0.1) is 23.3 Å². The molecule has 5 unspecified atom stereocenters. The van der Waals surface area contributed by atoms with Crippen molar-refractivity contribution < 1.29 is 23.9 Å². The van der Waals surface area contributed by atoms with Crippen LogP contribution in [0.2, 0.25) is 0 Å². The number of esters is 1. The lowest BCUT2D eigenvalue weighted by Crippen LogP contribution is -2.28. The fourth-order valence-corrected chi connectivity index (χ4v) is 18.2. The minimum atomic E-state index is -0.186. The summed E-state index contributed by atoms with van der Waals surface area (Å²) in [5, 5.41) is 11.3. The second-order valence-corrected chi connectivity index (χ2v) is 42.0. The molecule has 10 aromatic rings. The Morgan fingerprint density at radius 1 is 0.387 bits per heavy atom. The molecule has 142 heavy (non-hydrogen) atoms. The second-order valence-electron chi connectivity index (χ2n) is 42.0. The van der Waals surface area contributed by atoms with Crippen molar-refractivity contribution in [3.05, 3.63) is 248 Å². The van der Waals surface area contributed by atoms with Crippen LogP contribution in [0.15, 0.2) is 208 Å². The Hall–Kier alpha value is -9.38. The third kappa shape index (κ3) is 51.9. The van der Waals surface area contributed by atoms with Gasteiger partial charge < -0.3 is 42.4 Å². The third-order valence-electron chi connectivity index (χ3n) is 25.1. The molecule has 0 bridgehead atoms. The number of cyclic esters (lactones) is 1. The summed E-state index contributed by atoms with van der Waals surface area (Å²) < 4.78 is 23.4. The summed E-state index contributed by atoms with van der Waals surface area (Å²) in [5.74, 6) is 9.53. The molecule has 0 saturated heterocycles. The maximum Gasteiger partial charge on any atom is 0.339 e. The molecule has 0 spiro atoms. The quantitative estimate of drug-likeness (QED) is 0.0322. The number of carbonyl (C=O) groups is 4. The molecule has 9 aromatic heterocycles. The van der Waals surface area contributed by atoms with Crippen molar-refractivity contribution in [3.63, 3.8) is 0 Å². The van der Waals surface area contributed by atoms with E-state index in [-0.39, 0.29) is 99.3 Å². The van der Waals surface area contributed by atoms with Gasteiger partial charge in [-0.1, -0.05) is 332 Å². The van der Waals surface area contributed by atoms with Crippen molar-refractivity contribution in [3.8, 4) is 0 Å². The first-order valence-corrected chi connectivity index (χ1v) is 51.8. The number of carbonyl (C=O) groups excluding carboxylic acids is 4. The Balaban J connectivity index is -0.000000280. The zero-order valence-electron chi connectivity index (χ0n) is 92.6. The van der Waals surface area contributed by atoms with E-state index in [0.717, 1.165) is 66.1 Å². The van der Waals surface area contributed by atoms with Crippen LogP contribution in [-0.4, -0.2) is 81.9 Å². The SMILES string of the molecule is C.C.C.C.C.C.C.CC(=O)C(C)C.CC(C)C(=O)c1cc2c([nH]1)C=CC2.CC(C)C(C(C)C)n1cccc1.CC(C)C(C(C)C)n1cccc1.CC(C)C(C(C)C)n1cccn1.CC(C)C1OC(=O)c2ccccc21.CCC(C(C)C)n1cccc1.CCC(C(C)C)n1cccc1.CCC(C(C)C)n1cccc1C.CCC(C(C)C)n1cccn1.CCCNC(=O)C(C)C.Cc1cccn1C(C(C)C)C(C)C. The molecule has 17 nitrogen and oxygen atoms in total. The number of ketones is 2. The number of allylic oxidation sites excluding steroid dienone is 1. The summed E-state index contributed by atoms with van der Waals surface area (Å²) in [7, 11) is 0. The number of aromatic amines is 1. The van der Waals surface area contributed by atoms with Gasteiger partial charge in [0.1, 0.15) is 11.9 Å². The van der Waals surface area contributed by atoms with Crippen molar-refractivity contribution in [2.24, 2.45) is 94.7 Å². The maximum absolute atomic E-state index is 11.6. The predicted octanol–water partition coefficient (Wildman–Crippen LogP) is 37.0. The number of hydrogen-bond donors (Lipinski definition) is 2. The molecule has 5 atom stereocenters. The molecule has 0 radical (unpaired) electrons. The Labute approximate surface area is 876 Å². The highest BCUT2D eigenvalue weighted by Crippen LogP contribution is 2.37. The standard InChI is InChI=1S/C12H21N.C11H13NO.3C11H19N.C11H12O2.C10H18N2.2C10H17N.C9H16N2.C7H15NO.C5H10O.7CH4/c1-9(2)12(10(3)4)13-8-6-7-11(13)5;1-7(2)11(13)10-6-8-4-3-5-9(8)12-10;2*1-9(2)11(10(3)4)12-7-5-6-8-12;1-5-11(9(2)3)12-8-6-7-10(12)4;1-7(2)10-8-5-3-4-6-9(8)11(12)13-10;1-8(2)10(9(3)4)12-7-5-6-11-12;2*1-4-10(9(2)3)11-7-5-6-8-11;1-4-9(8(2)3)11-7-5-6-10-11;1-4-5-8-7(9)6(2)3;1-4(2)5(3)6;;;;;;;/h6-10,12H,1-5H3;3,5-7,12H,4H2,1-2H3;2*5-11H,1-4H3;6-9,11H,5H2,1-4H3;3-7,10H,1-2H3;5-10H,1-4H3;2*5-10H,4H2,1-3H3;5-9H,4H2,1-3H3;6H,4-5H2,1-3H3,(H,8,9);4H,1-3H3;7*1H4. The van der Waals surface area contributed by atoms with Crippen LogP contribution in [0.4, 0.5) is 0 Å². The van der Waals surface area contributed by atoms with Crippen molar-refractivity contribution in [1.29, 1.82) is 0 Å². The zero-order chi connectivity index (χ0) is 103. The Morgan fingerprint density at radius 3 is 1.03 bits per heavy atom. The largest absolute Gasteiger partial charge is 0.454 e. The molecular weight excluding hydrogens is 1750 g/mol. The van der Waals surface area contributed by atoms with Crippen LogP contribution < -0.4 is 5.32 Å². The summed E-state index contributed by atoms with van der Waals surface area (Å²) >= 11 is 0. The van der Waals surface area contributed by atoms with Crippen LogP contribution in [-0.2, 0) is 20.7 Å². The average Bonchev–Trinajstić information content (AvgIpc) is 1.66. The van der Waals surface area contributed by atoms with Gasteiger partial charge in [-0.25, -0.2) is 4.79 Å². The van der Waals surface area contributed by atoms with Gasteiger partial charge in [0.25, 0.3) is 0 Å². The number of hydrogen-bond acceptors (Lipinski definition) is 7. The van der Waals surface area contributed by atoms with E-state index in [2.05, 4.69) is 415 Å². The zero-order valence-corrected chi connectivity index (χ0v) is 92.6. The number of nitrogens with zero attached hydrogens (tertiary/aromatic N) is 10. The summed E-state index contributed by atoms with van der Waals surface area (Å²) in [5.41, 5.74) is 7.59. The number of ether oxygens (including phenoxy) is 1. The number of amides is 1. The smallest absolute Gasteiger partial charge is 0.339 e. The Bertz CT molecular complexity index is 4340. The monoisotopic (exact) mass is 1970 g/mol. The summed E-state index contributed by atoms with van der Waals surface area (Å²) in [6.45, 7) is 87.8. The molecule has 2 aliphatic rings. The highest BCUT2D eigenvalue weighted by Gasteiger charge is 2.33. The topological polar surface area (TPSA) is 171 Å². The number of nitrogens with one attached hydrogen (secondary N) is 2. The molecule has 0 saturated carbocycles. The van der Waals surface area contributed by atoms with Crippen LogP contribution in [0.5, 0.6) is 0 Å². The van der Waals surface area contributed by atoms with Crippen LogP contribution in [0.1, 0.15) is 451 Å². The number of Topliss-reactive ketones (excluding diaryl/α,β-unsaturated/α-hetero) is 2. The van der Waals surface area contributed by atoms with Gasteiger partial charge in [-0.15, -0.1) is 0 Å². The molecule has 2 N–H and O–H groups in total. The number of H-pyrrole nitrogens is 1. The number of rotatable bonds is 31. The molecule has 17 heteroatoms. The van der Waals surface area contributed by atoms with Gasteiger partial charge in [-0.2, -0.15) is 10.2 Å². The average molecular weight is 1980 g/mol. The van der Waals surface area contributed by atoms with E-state index < -0.39 is 0 Å². The predicted molar refractivity (Wildman–Crippen MR) is 625 cm³/mol. The first-order chi connectivity index (χ1) is 63.5. The van der Waals surface area contributed by atoms with E-state index in [1.165, 1.54) is 36.2 Å². The van der Waals surface area contributed by atoms with E-state index in [1.807, 2.05) is 126 Å². The molecule has 1 amide bonds. The normalized spacial score (nSPS) is 12.6. The van der Waals surface area contributed by atoms with Crippen LogP contribution in [0.25, 0.3) is 6.08 Å². The summed E-state index contributed by atoms with van der Waals surface area (Å²) in [6, 6.07) is 43.9. The highest BCUT2D eigenvalue weighted by molar-refractivity contribution is 5.96. The van der Waals surface area contributed by atoms with E-state index >= 15 is 0 Å². The van der Waals surface area contributed by atoms with Crippen molar-refractivity contribution in [2.75, 3.05) is 6.54 Å². The lowest BCUT2D eigenvalue weighted by molar-refractivity contribution is -0.124. The molecular formula is C125H224N12O5. The van der Waals surface area contributed by atoms with E-state index in [4.69, 9.17) is 4.74 Å². The number of aromatic nitrogens is 11. The third-order valence-corrected chi connectivity index (χ3v) is 25.1. The van der Waals surface area contributed by atoms with Crippen molar-refractivity contribution in [2.45, 2.75) is 422 Å². The van der Waals surface area contributed by atoms with Crippen LogP contribution >= 0.6 is 0 Å². The molecule has 10 heterocycles. The molecule has 12 rings (SSSR count). The first kappa shape index (κ1) is 146. The van der Waals surface area contributed by atoms with Crippen molar-refractivity contribution in [1.82, 2.24) is 57.3 Å². The van der Waals surface area contributed by atoms with Gasteiger partial charge >= 0.3 is 5.97 Å². The first-order valence-electron chi connectivity index (χ1n) is 51.8. The van der Waals surface area contributed by atoms with Gasteiger partial charge in [0.15, 0.2) is 5.78 Å². The van der Waals surface area contributed by atoms with Crippen molar-refractivity contribution >= 4 is 29.5 Å². The lowest BCUT2D eigenvalue weighted by atomic mass is 9.93. The van der Waals surface area contributed by atoms with Crippen LogP contribution in [0, 0.1) is 109 Å². The maximum atomic E-state index is 11.6. The van der Waals surface area contributed by atoms with E-state index in [0.29, 0.717) is 108 Å². The fourth-order valence-electron chi connectivity index (χ4n) is 18.2. The van der Waals surface area contributed by atoms with Crippen LogP contribution in [0.3, 0.4) is 0 Å². The van der Waals surface area contributed by atoms with Gasteiger partial charge in [0.2, 0.25) is 5.91 Å². The Morgan fingerprint density at radius 2 is 0.739 bits per heavy atom. The summed E-state index contributed by atoms with van der Waals surface area (Å²) in [6.07, 6.45) is 40.2. The number of aryl methyl sites for hydroxylation is 2. The minimum absolute atomic E-state index is 0. The number of benzene rings is 1. The Kier molecular flexibility index (Phi) is 80.0. The lowest BCUT2D eigenvalue weighted by Gasteiger charge is -2.28. The molecule has 1 aliphatic heterocycles. The fraction of sp³-hybridized carbons (Fsp3) is 0.632. The molecule has 814 valence electrons. The molecule has 1 aliphatic carbocycles.